The number of anilines is 2. The van der Waals surface area contributed by atoms with Gasteiger partial charge in [0.15, 0.2) is 5.82 Å². The molecule has 1 aromatic carbocycles. The van der Waals surface area contributed by atoms with Crippen molar-refractivity contribution in [3.05, 3.63) is 60.4 Å². The summed E-state index contributed by atoms with van der Waals surface area (Å²) in [5.74, 6) is 1.03. The van der Waals surface area contributed by atoms with Crippen molar-refractivity contribution >= 4 is 27.4 Å². The van der Waals surface area contributed by atoms with Crippen LogP contribution in [0, 0.1) is 6.92 Å². The summed E-state index contributed by atoms with van der Waals surface area (Å²) >= 11 is 0. The van der Waals surface area contributed by atoms with Crippen molar-refractivity contribution in [3.63, 3.8) is 0 Å². The Morgan fingerprint density at radius 2 is 1.83 bits per heavy atom. The van der Waals surface area contributed by atoms with Crippen molar-refractivity contribution in [2.75, 3.05) is 23.7 Å². The van der Waals surface area contributed by atoms with Gasteiger partial charge in [0.1, 0.15) is 5.82 Å². The second-order valence-corrected chi connectivity index (χ2v) is 8.09. The number of aryl methyl sites for hydroxylation is 1. The van der Waals surface area contributed by atoms with Gasteiger partial charge in [-0.2, -0.15) is 0 Å². The zero-order valence-electron chi connectivity index (χ0n) is 16.1. The van der Waals surface area contributed by atoms with Crippen LogP contribution < -0.4 is 15.4 Å². The van der Waals surface area contributed by atoms with Gasteiger partial charge in [-0.1, -0.05) is 0 Å². The predicted molar refractivity (Wildman–Crippen MR) is 111 cm³/mol. The van der Waals surface area contributed by atoms with Crippen LogP contribution in [0.15, 0.2) is 59.8 Å². The molecule has 0 saturated carbocycles. The molecule has 10 heteroatoms. The zero-order valence-corrected chi connectivity index (χ0v) is 16.9. The second kappa shape index (κ2) is 8.84. The molecular formula is C19H22N6O3S. The molecule has 0 unspecified atom stereocenters. The molecule has 3 N–H and O–H groups in total. The third-order valence-corrected chi connectivity index (χ3v) is 5.65. The van der Waals surface area contributed by atoms with Crippen molar-refractivity contribution in [1.29, 1.82) is 0 Å². The number of rotatable bonds is 8. The topological polar surface area (TPSA) is 118 Å². The molecule has 3 aromatic rings. The summed E-state index contributed by atoms with van der Waals surface area (Å²) in [7, 11) is -3.67. The fourth-order valence-corrected chi connectivity index (χ4v) is 3.99. The minimum Gasteiger partial charge on any atom is -0.367 e. The second-order valence-electron chi connectivity index (χ2n) is 6.35. The quantitative estimate of drug-likeness (QED) is 0.485. The standard InChI is InChI=1S/C19H22N6O3S/c1-14-13-16(22-15(2)26)5-6-17(14)29(27,28)21-10-9-20-18-7-8-19(24-23-18)25-11-3-4-12-25/h3-8,11-13,21H,9-10H2,1-2H3,(H,20,23)(H,22,26). The minimum atomic E-state index is -3.67. The maximum Gasteiger partial charge on any atom is 0.240 e. The molecular weight excluding hydrogens is 392 g/mol. The number of hydrogen-bond acceptors (Lipinski definition) is 6. The first kappa shape index (κ1) is 20.5. The van der Waals surface area contributed by atoms with E-state index in [0.717, 1.165) is 0 Å². The normalized spacial score (nSPS) is 11.2. The van der Waals surface area contributed by atoms with E-state index in [1.165, 1.54) is 13.0 Å². The molecule has 29 heavy (non-hydrogen) atoms. The van der Waals surface area contributed by atoms with E-state index in [4.69, 9.17) is 0 Å². The first-order chi connectivity index (χ1) is 13.8. The Bertz CT molecular complexity index is 1080. The number of benzene rings is 1. The maximum absolute atomic E-state index is 12.5. The molecule has 0 fully saturated rings. The molecule has 0 aliphatic rings. The monoisotopic (exact) mass is 414 g/mol. The molecule has 0 radical (unpaired) electrons. The molecule has 0 aliphatic carbocycles. The smallest absolute Gasteiger partial charge is 0.240 e. The molecule has 152 valence electrons. The van der Waals surface area contributed by atoms with Crippen molar-refractivity contribution in [2.45, 2.75) is 18.7 Å². The molecule has 2 aromatic heterocycles. The van der Waals surface area contributed by atoms with Gasteiger partial charge in [0, 0.05) is 38.1 Å². The van der Waals surface area contributed by atoms with Gasteiger partial charge in [-0.05, 0) is 55.0 Å². The van der Waals surface area contributed by atoms with E-state index in [-0.39, 0.29) is 17.3 Å². The number of carbonyl (C=O) groups excluding carboxylic acids is 1. The number of aromatic nitrogens is 3. The van der Waals surface area contributed by atoms with Crippen LogP contribution in [0.2, 0.25) is 0 Å². The summed E-state index contributed by atoms with van der Waals surface area (Å²) in [6.45, 7) is 3.60. The Labute approximate surface area is 169 Å². The van der Waals surface area contributed by atoms with Crippen LogP contribution in [0.25, 0.3) is 5.82 Å². The summed E-state index contributed by atoms with van der Waals surface area (Å²) in [6, 6.07) is 12.0. The Hall–Kier alpha value is -3.24. The van der Waals surface area contributed by atoms with Crippen LogP contribution in [0.4, 0.5) is 11.5 Å². The van der Waals surface area contributed by atoms with Crippen LogP contribution in [0.3, 0.4) is 0 Å². The van der Waals surface area contributed by atoms with Crippen LogP contribution in [-0.2, 0) is 14.8 Å². The van der Waals surface area contributed by atoms with Gasteiger partial charge >= 0.3 is 0 Å². The Balaban J connectivity index is 1.53. The molecule has 1 amide bonds. The number of nitrogens with zero attached hydrogens (tertiary/aromatic N) is 3. The highest BCUT2D eigenvalue weighted by Gasteiger charge is 2.16. The summed E-state index contributed by atoms with van der Waals surface area (Å²) < 4.78 is 29.4. The summed E-state index contributed by atoms with van der Waals surface area (Å²) in [5.41, 5.74) is 1.10. The van der Waals surface area contributed by atoms with Crippen LogP contribution in [0.1, 0.15) is 12.5 Å². The largest absolute Gasteiger partial charge is 0.367 e. The van der Waals surface area contributed by atoms with Gasteiger partial charge in [-0.3, -0.25) is 4.79 Å². The lowest BCUT2D eigenvalue weighted by molar-refractivity contribution is -0.114. The fraction of sp³-hybridized carbons (Fsp3) is 0.211. The van der Waals surface area contributed by atoms with Gasteiger partial charge in [0.2, 0.25) is 15.9 Å². The summed E-state index contributed by atoms with van der Waals surface area (Å²) in [5, 5.41) is 13.9. The molecule has 9 nitrogen and oxygen atoms in total. The molecule has 0 saturated heterocycles. The van der Waals surface area contributed by atoms with Gasteiger partial charge in [0.25, 0.3) is 0 Å². The number of nitrogens with one attached hydrogen (secondary N) is 3. The zero-order chi connectivity index (χ0) is 20.9. The predicted octanol–water partition coefficient (Wildman–Crippen LogP) is 1.92. The SMILES string of the molecule is CC(=O)Nc1ccc(S(=O)(=O)NCCNc2ccc(-n3cccc3)nn2)c(C)c1. The highest BCUT2D eigenvalue weighted by atomic mass is 32.2. The van der Waals surface area contributed by atoms with Crippen LogP contribution in [0.5, 0.6) is 0 Å². The van der Waals surface area contributed by atoms with E-state index < -0.39 is 10.0 Å². The third-order valence-electron chi connectivity index (χ3n) is 4.03. The first-order valence-corrected chi connectivity index (χ1v) is 10.4. The molecule has 0 spiro atoms. The Kier molecular flexibility index (Phi) is 6.25. The molecule has 3 rings (SSSR count). The maximum atomic E-state index is 12.5. The van der Waals surface area contributed by atoms with Gasteiger partial charge in [-0.25, -0.2) is 13.1 Å². The Morgan fingerprint density at radius 1 is 1.07 bits per heavy atom. The van der Waals surface area contributed by atoms with Crippen LogP contribution in [-0.4, -0.2) is 42.2 Å². The molecule has 0 atom stereocenters. The molecule has 0 bridgehead atoms. The van der Waals surface area contributed by atoms with E-state index in [9.17, 15) is 13.2 Å². The van der Waals surface area contributed by atoms with Crippen molar-refractivity contribution in [1.82, 2.24) is 19.5 Å². The number of amides is 1. The van der Waals surface area contributed by atoms with Gasteiger partial charge < -0.3 is 15.2 Å². The highest BCUT2D eigenvalue weighted by Crippen LogP contribution is 2.19. The van der Waals surface area contributed by atoms with E-state index in [1.807, 2.05) is 35.2 Å². The first-order valence-electron chi connectivity index (χ1n) is 8.94. The minimum absolute atomic E-state index is 0.169. The number of carbonyl (C=O) groups is 1. The average Bonchev–Trinajstić information content (AvgIpc) is 3.20. The van der Waals surface area contributed by atoms with Crippen molar-refractivity contribution in [2.24, 2.45) is 0 Å². The van der Waals surface area contributed by atoms with Gasteiger partial charge in [0.05, 0.1) is 4.90 Å². The number of hydrogen-bond donors (Lipinski definition) is 3. The molecule has 0 aliphatic heterocycles. The van der Waals surface area contributed by atoms with Crippen molar-refractivity contribution in [3.8, 4) is 5.82 Å². The fourth-order valence-electron chi connectivity index (χ4n) is 2.73. The summed E-state index contributed by atoms with van der Waals surface area (Å²) in [4.78, 5) is 11.3. The van der Waals surface area contributed by atoms with Crippen molar-refractivity contribution < 1.29 is 13.2 Å². The van der Waals surface area contributed by atoms with E-state index in [0.29, 0.717) is 29.4 Å². The Morgan fingerprint density at radius 3 is 2.45 bits per heavy atom. The lowest BCUT2D eigenvalue weighted by Crippen LogP contribution is -2.29. The van der Waals surface area contributed by atoms with E-state index in [1.54, 1.807) is 25.1 Å². The van der Waals surface area contributed by atoms with Crippen LogP contribution >= 0.6 is 0 Å². The van der Waals surface area contributed by atoms with Gasteiger partial charge in [-0.15, -0.1) is 10.2 Å². The number of sulfonamides is 1. The van der Waals surface area contributed by atoms with E-state index >= 15 is 0 Å². The molecule has 2 heterocycles. The lowest BCUT2D eigenvalue weighted by Gasteiger charge is -2.12. The highest BCUT2D eigenvalue weighted by molar-refractivity contribution is 7.89. The third kappa shape index (κ3) is 5.39. The summed E-state index contributed by atoms with van der Waals surface area (Å²) in [6.07, 6.45) is 3.74. The average molecular weight is 414 g/mol. The lowest BCUT2D eigenvalue weighted by atomic mass is 10.2. The van der Waals surface area contributed by atoms with E-state index in [2.05, 4.69) is 25.6 Å².